The zero-order valence-corrected chi connectivity index (χ0v) is 83.2. The Hall–Kier alpha value is -11.2. The largest absolute Gasteiger partial charge is 0.256 e. The topological polar surface area (TPSA) is 89.2 Å². The molecule has 5 heterocycles. The van der Waals surface area contributed by atoms with Crippen molar-refractivity contribution in [3.63, 3.8) is 0 Å². The highest BCUT2D eigenvalue weighted by Crippen LogP contribution is 2.43. The van der Waals surface area contributed by atoms with Crippen molar-refractivity contribution in [3.8, 4) is 11.1 Å². The van der Waals surface area contributed by atoms with Gasteiger partial charge in [-0.25, -0.2) is 0 Å². The molecule has 0 radical (unpaired) electrons. The summed E-state index contributed by atoms with van der Waals surface area (Å²) in [6, 6.07) is 97.0. The number of nitrogens with zero attached hydrogens (tertiary/aromatic N) is 7. The Bertz CT molecular complexity index is 6270. The maximum atomic E-state index is 4.64. The van der Waals surface area contributed by atoms with E-state index in [4.69, 9.17) is 0 Å². The number of hydrogen-bond donors (Lipinski definition) is 0. The van der Waals surface area contributed by atoms with Gasteiger partial charge in [-0.3, -0.25) is 15.0 Å². The van der Waals surface area contributed by atoms with Crippen molar-refractivity contribution in [1.29, 1.82) is 0 Å². The van der Waals surface area contributed by atoms with Gasteiger partial charge in [0.15, 0.2) is 0 Å². The third kappa shape index (κ3) is 25.6. The fraction of sp³-hybridized carbons (Fsp3) is 0.358. The average Bonchev–Trinajstić information content (AvgIpc) is 1.62. The van der Waals surface area contributed by atoms with Crippen LogP contribution in [0.3, 0.4) is 0 Å². The Morgan fingerprint density at radius 2 is 0.711 bits per heavy atom. The highest BCUT2D eigenvalue weighted by molar-refractivity contribution is 7.00. The maximum absolute atomic E-state index is 4.64. The lowest BCUT2D eigenvalue weighted by Gasteiger charge is -2.27. The Labute approximate surface area is 772 Å². The first kappa shape index (κ1) is 97.4. The second-order valence-electron chi connectivity index (χ2n) is 44.0. The Balaban J connectivity index is 0.000000140. The molecule has 8 heteroatoms. The number of rotatable bonds is 0. The van der Waals surface area contributed by atoms with Gasteiger partial charge >= 0.3 is 0 Å². The third-order valence-corrected chi connectivity index (χ3v) is 24.7. The van der Waals surface area contributed by atoms with Crippen molar-refractivity contribution in [2.75, 3.05) is 0 Å². The van der Waals surface area contributed by atoms with Crippen molar-refractivity contribution < 1.29 is 0 Å². The number of aryl methyl sites for hydroxylation is 2. The molecule has 0 unspecified atom stereocenters. The molecule has 3 aliphatic rings. The SMILES string of the molecule is CC(C)(C)c1ccc2c(c1)N=NC2.CC(C)(C)c1ccc2ccccc2c1.CC(C)(C)c1ccc2ncccc2c1.CC(C)(C)c1cccc2c1CCCC2.CC(C)(C)c1cccc2c1Cc1ccccc1-2.CC(C)(C)c1cccc2ccccc12.CC(C)(C)c1cccc2ncccc12.CC(C)(C)c1cccc2nsnc12.Cc1ccc2cccc(C(C)(C)C)c2n1. The van der Waals surface area contributed by atoms with E-state index in [1.165, 1.54) is 147 Å². The van der Waals surface area contributed by atoms with Gasteiger partial charge < -0.3 is 0 Å². The second kappa shape index (κ2) is 40.6. The van der Waals surface area contributed by atoms with E-state index in [1.807, 2.05) is 43.6 Å². The first-order valence-corrected chi connectivity index (χ1v) is 46.9. The highest BCUT2D eigenvalue weighted by Gasteiger charge is 2.28. The molecular formula is C120H143N7S. The maximum Gasteiger partial charge on any atom is 0.108 e. The summed E-state index contributed by atoms with van der Waals surface area (Å²) in [5, 5.41) is 17.2. The molecule has 0 saturated carbocycles. The quantitative estimate of drug-likeness (QED) is 0.151. The van der Waals surface area contributed by atoms with Crippen LogP contribution in [0.2, 0.25) is 0 Å². The van der Waals surface area contributed by atoms with Crippen molar-refractivity contribution in [2.24, 2.45) is 10.2 Å². The van der Waals surface area contributed by atoms with Crippen LogP contribution in [-0.4, -0.2) is 23.7 Å². The molecule has 0 N–H and O–H groups in total. The summed E-state index contributed by atoms with van der Waals surface area (Å²) in [6.07, 6.45) is 10.1. The van der Waals surface area contributed by atoms with Gasteiger partial charge in [0.05, 0.1) is 40.5 Å². The van der Waals surface area contributed by atoms with Crippen LogP contribution in [0.15, 0.2) is 296 Å². The number of hydrogen-bond acceptors (Lipinski definition) is 8. The first-order valence-electron chi connectivity index (χ1n) is 46.2. The molecule has 7 nitrogen and oxygen atoms in total. The summed E-state index contributed by atoms with van der Waals surface area (Å²) in [5.74, 6) is 0. The third-order valence-electron chi connectivity index (χ3n) is 24.1. The van der Waals surface area contributed by atoms with Gasteiger partial charge in [0, 0.05) is 39.8 Å². The molecule has 128 heavy (non-hydrogen) atoms. The van der Waals surface area contributed by atoms with Gasteiger partial charge in [0.2, 0.25) is 0 Å². The van der Waals surface area contributed by atoms with E-state index in [0.29, 0.717) is 5.41 Å². The number of pyridine rings is 3. The van der Waals surface area contributed by atoms with Crippen molar-refractivity contribution >= 4 is 82.7 Å². The Kier molecular flexibility index (Phi) is 30.9. The standard InChI is InChI=1S/C17H18.C14H17N.C14H20.2C14H16.2C13H15N.C11H14N2.C10H12N2S/c1-17(2,3)16-10-6-9-14-13-8-5-4-7-12(13)11-15(14)16;1-10-8-9-11-6-5-7-12(13(11)15-10)14(2,3)4;2*1-14(2,3)13-10-6-8-11-7-4-5-9-12(11)13;1-14(2,3)13-9-8-11-6-4-5-7-12(11)10-13;1-13(2,3)11-7-4-8-12-10(11)6-5-9-14-12;1-13(2,3)11-6-7-12-10(9-11)5-4-8-14-12;1-11(2,3)9-5-4-8-7-12-13-10(8)6-9;1-10(2,3)7-5-4-6-8-9(7)12-13-11-8/h4-10H,11H2,1-3H3;5-9H,1-4H3;6,8,10H,4-5,7,9H2,1-3H3;2*4-10H,1-3H3;2*4-9H,1-3H3;4-6H,7H2,1-3H3;4-6H,1-3H3. The van der Waals surface area contributed by atoms with E-state index < -0.39 is 0 Å². The minimum atomic E-state index is 0.148. The predicted octanol–water partition coefficient (Wildman–Crippen LogP) is 34.2. The first-order chi connectivity index (χ1) is 60.1. The summed E-state index contributed by atoms with van der Waals surface area (Å²) in [7, 11) is 0. The van der Waals surface area contributed by atoms with Crippen LogP contribution in [0.5, 0.6) is 0 Å². The minimum Gasteiger partial charge on any atom is -0.256 e. The average molecular weight is 1720 g/mol. The lowest BCUT2D eigenvalue weighted by molar-refractivity contribution is 0.568. The monoisotopic (exact) mass is 1710 g/mol. The van der Waals surface area contributed by atoms with Crippen LogP contribution in [0.25, 0.3) is 76.4 Å². The fourth-order valence-electron chi connectivity index (χ4n) is 16.9. The van der Waals surface area contributed by atoms with Crippen molar-refractivity contribution in [1.82, 2.24) is 23.7 Å². The zero-order chi connectivity index (χ0) is 93.0. The molecule has 0 saturated heterocycles. The molecule has 1 aliphatic heterocycles. The lowest BCUT2D eigenvalue weighted by Crippen LogP contribution is -2.17. The van der Waals surface area contributed by atoms with Gasteiger partial charge in [-0.1, -0.05) is 411 Å². The van der Waals surface area contributed by atoms with E-state index in [0.717, 1.165) is 51.9 Å². The number of para-hydroxylation sites is 1. The summed E-state index contributed by atoms with van der Waals surface area (Å²) in [5.41, 5.74) is 32.3. The predicted molar refractivity (Wildman–Crippen MR) is 556 cm³/mol. The number of aromatic nitrogens is 5. The molecule has 2 aliphatic carbocycles. The molecule has 0 bridgehead atoms. The van der Waals surface area contributed by atoms with Crippen LogP contribution in [-0.2, 0) is 74.5 Å². The summed E-state index contributed by atoms with van der Waals surface area (Å²) >= 11 is 1.28. The van der Waals surface area contributed by atoms with Gasteiger partial charge in [0.25, 0.3) is 0 Å². The van der Waals surface area contributed by atoms with Gasteiger partial charge in [0.1, 0.15) is 11.0 Å². The van der Waals surface area contributed by atoms with Crippen LogP contribution >= 0.6 is 11.7 Å². The molecule has 0 spiro atoms. The number of azo groups is 1. The van der Waals surface area contributed by atoms with Crippen LogP contribution in [0.4, 0.5) is 5.69 Å². The van der Waals surface area contributed by atoms with E-state index in [2.05, 4.69) is 470 Å². The molecule has 19 rings (SSSR count). The Morgan fingerprint density at radius 1 is 0.273 bits per heavy atom. The molecule has 664 valence electrons. The van der Waals surface area contributed by atoms with Crippen molar-refractivity contribution in [2.45, 2.75) is 281 Å². The zero-order valence-electron chi connectivity index (χ0n) is 82.4. The summed E-state index contributed by atoms with van der Waals surface area (Å²) in [4.78, 5) is 13.3. The second-order valence-corrected chi connectivity index (χ2v) is 44.5. The smallest absolute Gasteiger partial charge is 0.108 e. The van der Waals surface area contributed by atoms with Crippen LogP contribution < -0.4 is 0 Å². The van der Waals surface area contributed by atoms with Gasteiger partial charge in [-0.05, 0) is 241 Å². The Morgan fingerprint density at radius 3 is 1.35 bits per heavy atom. The summed E-state index contributed by atoms with van der Waals surface area (Å²) < 4.78 is 8.54. The lowest BCUT2D eigenvalue weighted by atomic mass is 9.78. The van der Waals surface area contributed by atoms with Crippen LogP contribution in [0, 0.1) is 6.92 Å². The van der Waals surface area contributed by atoms with Crippen LogP contribution in [0.1, 0.15) is 283 Å². The number of benzene rings is 12. The molecule has 0 amide bonds. The molecular weight excluding hydrogens is 1570 g/mol. The molecule has 12 aromatic carbocycles. The van der Waals surface area contributed by atoms with E-state index in [9.17, 15) is 0 Å². The van der Waals surface area contributed by atoms with E-state index in [1.54, 1.807) is 16.7 Å². The van der Waals surface area contributed by atoms with E-state index >= 15 is 0 Å². The van der Waals surface area contributed by atoms with Gasteiger partial charge in [-0.2, -0.15) is 19.0 Å². The van der Waals surface area contributed by atoms with Crippen molar-refractivity contribution in [3.05, 3.63) is 369 Å². The minimum absolute atomic E-state index is 0.148. The summed E-state index contributed by atoms with van der Waals surface area (Å²) in [6.45, 7) is 63.4. The molecule has 0 atom stereocenters. The highest BCUT2D eigenvalue weighted by atomic mass is 32.1. The molecule has 16 aromatic rings. The van der Waals surface area contributed by atoms with E-state index in [-0.39, 0.29) is 43.3 Å². The molecule has 4 aromatic heterocycles. The normalized spacial score (nSPS) is 12.9. The number of fused-ring (bicyclic) bond motifs is 11. The van der Waals surface area contributed by atoms with Gasteiger partial charge in [-0.15, -0.1) is 0 Å². The molecule has 0 fully saturated rings. The fourth-order valence-corrected chi connectivity index (χ4v) is 17.4.